The van der Waals surface area contributed by atoms with Gasteiger partial charge in [-0.15, -0.1) is 0 Å². The Morgan fingerprint density at radius 3 is 2.63 bits per heavy atom. The van der Waals surface area contributed by atoms with Crippen molar-refractivity contribution in [1.29, 1.82) is 0 Å². The van der Waals surface area contributed by atoms with E-state index in [9.17, 15) is 34.0 Å². The van der Waals surface area contributed by atoms with Gasteiger partial charge in [-0.1, -0.05) is 16.9 Å². The highest BCUT2D eigenvalue weighted by Crippen LogP contribution is 2.32. The first kappa shape index (κ1) is 22.8. The van der Waals surface area contributed by atoms with E-state index in [0.29, 0.717) is 28.2 Å². The number of nitrogens with one attached hydrogen (secondary N) is 1. The molecule has 0 bridgehead atoms. The van der Waals surface area contributed by atoms with Gasteiger partial charge >= 0.3 is 10.4 Å². The molecule has 14 heteroatoms. The zero-order valence-corrected chi connectivity index (χ0v) is 16.8. The smallest absolute Gasteiger partial charge is 0.466 e. The van der Waals surface area contributed by atoms with Crippen LogP contribution in [0.15, 0.2) is 29.6 Å². The Labute approximate surface area is 174 Å². The Morgan fingerprint density at radius 1 is 1.23 bits per heavy atom. The summed E-state index contributed by atoms with van der Waals surface area (Å²) in [6.07, 6.45) is -4.46. The van der Waals surface area contributed by atoms with E-state index in [1.54, 1.807) is 12.3 Å². The Kier molecular flexibility index (Phi) is 6.88. The average molecular weight is 464 g/mol. The maximum absolute atomic E-state index is 10.9. The molecule has 0 saturated carbocycles. The second kappa shape index (κ2) is 9.07. The molecular weight excluding hydrogens is 444 g/mol. The molecule has 30 heavy (non-hydrogen) atoms. The molecule has 2 aromatic rings. The van der Waals surface area contributed by atoms with E-state index in [1.165, 1.54) is 12.1 Å². The molecule has 1 aromatic carbocycles. The molecule has 0 spiro atoms. The van der Waals surface area contributed by atoms with Gasteiger partial charge in [-0.3, -0.25) is 4.55 Å². The number of aromatic hydroxyl groups is 1. The highest BCUT2D eigenvalue weighted by atomic mass is 32.3. The van der Waals surface area contributed by atoms with E-state index < -0.39 is 46.9 Å². The minimum Gasteiger partial charge on any atom is -0.508 e. The molecule has 0 unspecified atom stereocenters. The van der Waals surface area contributed by atoms with Crippen LogP contribution < -0.4 is 0 Å². The van der Waals surface area contributed by atoms with Gasteiger partial charge in [0, 0.05) is 23.5 Å². The first-order valence-corrected chi connectivity index (χ1v) is 10.8. The van der Waals surface area contributed by atoms with Crippen LogP contribution in [0, 0.1) is 0 Å². The van der Waals surface area contributed by atoms with Crippen LogP contribution in [0.2, 0.25) is 0 Å². The van der Waals surface area contributed by atoms with E-state index in [4.69, 9.17) is 9.29 Å². The quantitative estimate of drug-likeness (QED) is 0.121. The van der Waals surface area contributed by atoms with E-state index in [2.05, 4.69) is 14.4 Å². The Balaban J connectivity index is 1.88. The topological polar surface area (TPSA) is 202 Å². The van der Waals surface area contributed by atoms with Crippen molar-refractivity contribution < 1.29 is 47.5 Å². The number of oxime groups is 1. The lowest BCUT2D eigenvalue weighted by molar-refractivity contribution is -0.205. The van der Waals surface area contributed by atoms with Crippen molar-refractivity contribution in [1.82, 2.24) is 4.98 Å². The normalized spacial score (nSPS) is 28.0. The molecule has 2 heterocycles. The summed E-state index contributed by atoms with van der Waals surface area (Å²) in [5.41, 5.74) is -0.00530. The van der Waals surface area contributed by atoms with Gasteiger partial charge in [0.1, 0.15) is 40.6 Å². The summed E-state index contributed by atoms with van der Waals surface area (Å²) in [6, 6.07) is 4.58. The number of aliphatic hydroxyl groups excluding tert-OH is 4. The van der Waals surface area contributed by atoms with Crippen molar-refractivity contribution >= 4 is 38.1 Å². The van der Waals surface area contributed by atoms with Gasteiger partial charge in [0.25, 0.3) is 0 Å². The van der Waals surface area contributed by atoms with E-state index >= 15 is 0 Å². The number of fused-ring (bicyclic) bond motifs is 1. The molecule has 1 aromatic heterocycles. The SMILES string of the molecule is O=S(=O)(O)O/N=C(/Cc1c[nH]c2ccc(O)cc12)S[C@@H]1O[C@H](CO)[C@@H](O)[C@H](O)[C@H]1O. The molecule has 3 rings (SSSR count). The Morgan fingerprint density at radius 2 is 1.97 bits per heavy atom. The highest BCUT2D eigenvalue weighted by Gasteiger charge is 2.44. The molecule has 166 valence electrons. The number of rotatable bonds is 6. The molecule has 0 radical (unpaired) electrons. The van der Waals surface area contributed by atoms with Crippen LogP contribution in [0.5, 0.6) is 5.75 Å². The van der Waals surface area contributed by atoms with Crippen molar-refractivity contribution in [2.75, 3.05) is 6.61 Å². The molecule has 1 aliphatic heterocycles. The minimum absolute atomic E-state index is 0.00221. The number of benzene rings is 1. The van der Waals surface area contributed by atoms with Gasteiger partial charge in [-0.05, 0) is 23.8 Å². The predicted octanol–water partition coefficient (Wildman–Crippen LogP) is -0.918. The molecule has 5 atom stereocenters. The molecule has 1 aliphatic rings. The summed E-state index contributed by atoms with van der Waals surface area (Å²) in [4.78, 5) is 2.96. The first-order chi connectivity index (χ1) is 14.1. The zero-order valence-electron chi connectivity index (χ0n) is 15.2. The summed E-state index contributed by atoms with van der Waals surface area (Å²) in [7, 11) is -4.92. The van der Waals surface area contributed by atoms with Crippen LogP contribution in [-0.4, -0.2) is 85.0 Å². The van der Waals surface area contributed by atoms with Crippen LogP contribution >= 0.6 is 11.8 Å². The van der Waals surface area contributed by atoms with Gasteiger partial charge in [-0.25, -0.2) is 4.28 Å². The second-order valence-electron chi connectivity index (χ2n) is 6.52. The third-order valence-corrected chi connectivity index (χ3v) is 5.80. The van der Waals surface area contributed by atoms with Crippen molar-refractivity contribution in [3.8, 4) is 5.75 Å². The molecular formula is C16H20N2O10S2. The summed E-state index contributed by atoms with van der Waals surface area (Å²) >= 11 is 0.669. The number of ether oxygens (including phenoxy) is 1. The van der Waals surface area contributed by atoms with Gasteiger partial charge in [0.05, 0.1) is 6.61 Å². The van der Waals surface area contributed by atoms with Gasteiger partial charge in [-0.2, -0.15) is 8.42 Å². The Bertz CT molecular complexity index is 1020. The lowest BCUT2D eigenvalue weighted by Crippen LogP contribution is -2.57. The van der Waals surface area contributed by atoms with Crippen LogP contribution in [0.3, 0.4) is 0 Å². The van der Waals surface area contributed by atoms with Crippen LogP contribution in [0.25, 0.3) is 10.9 Å². The number of phenols is 1. The second-order valence-corrected chi connectivity index (χ2v) is 8.70. The molecule has 1 saturated heterocycles. The largest absolute Gasteiger partial charge is 0.508 e. The fourth-order valence-electron chi connectivity index (χ4n) is 2.96. The number of aromatic nitrogens is 1. The van der Waals surface area contributed by atoms with E-state index in [1.807, 2.05) is 0 Å². The van der Waals surface area contributed by atoms with Crippen LogP contribution in [0.4, 0.5) is 0 Å². The molecule has 0 aliphatic carbocycles. The maximum Gasteiger partial charge on any atom is 0.466 e. The number of hydrogen-bond acceptors (Lipinski definition) is 11. The first-order valence-electron chi connectivity index (χ1n) is 8.58. The summed E-state index contributed by atoms with van der Waals surface area (Å²) in [5, 5.41) is 52.9. The third-order valence-electron chi connectivity index (χ3n) is 4.43. The van der Waals surface area contributed by atoms with Crippen molar-refractivity contribution in [3.05, 3.63) is 30.0 Å². The van der Waals surface area contributed by atoms with Crippen molar-refractivity contribution in [2.45, 2.75) is 36.3 Å². The minimum atomic E-state index is -4.92. The van der Waals surface area contributed by atoms with E-state index in [-0.39, 0.29) is 17.2 Å². The number of nitrogens with zero attached hydrogens (tertiary/aromatic N) is 1. The number of hydrogen-bond donors (Lipinski definition) is 7. The standard InChI is InChI=1S/C16H20N2O10S2/c19-6-11-13(21)14(22)15(23)16(27-11)29-12(18-28-30(24,25)26)3-7-5-17-10-2-1-8(20)4-9(7)10/h1-2,4-5,11,13-17,19-23H,3,6H2,(H,24,25,26)/b18-12-/t11-,13-,14+,15-,16+/m1/s1. The molecule has 12 nitrogen and oxygen atoms in total. The van der Waals surface area contributed by atoms with Crippen LogP contribution in [-0.2, 0) is 25.8 Å². The number of aromatic amines is 1. The number of aliphatic hydroxyl groups is 4. The van der Waals surface area contributed by atoms with Crippen molar-refractivity contribution in [3.63, 3.8) is 0 Å². The monoisotopic (exact) mass is 464 g/mol. The van der Waals surface area contributed by atoms with Gasteiger partial charge in [0.15, 0.2) is 0 Å². The number of thioether (sulfide) groups is 1. The number of H-pyrrole nitrogens is 1. The fraction of sp³-hybridized carbons (Fsp3) is 0.438. The summed E-state index contributed by atoms with van der Waals surface area (Å²) in [6.45, 7) is -0.641. The predicted molar refractivity (Wildman–Crippen MR) is 105 cm³/mol. The van der Waals surface area contributed by atoms with E-state index in [0.717, 1.165) is 0 Å². The average Bonchev–Trinajstić information content (AvgIpc) is 3.07. The zero-order chi connectivity index (χ0) is 22.1. The molecule has 0 amide bonds. The number of phenolic OH excluding ortho intramolecular Hbond substituents is 1. The summed E-state index contributed by atoms with van der Waals surface area (Å²) < 4.78 is 40.2. The van der Waals surface area contributed by atoms with Crippen molar-refractivity contribution in [2.24, 2.45) is 5.16 Å². The lowest BCUT2D eigenvalue weighted by atomic mass is 10.0. The summed E-state index contributed by atoms with van der Waals surface area (Å²) in [5.74, 6) is -0.00221. The highest BCUT2D eigenvalue weighted by molar-refractivity contribution is 8.14. The maximum atomic E-state index is 10.9. The lowest BCUT2D eigenvalue weighted by Gasteiger charge is -2.39. The van der Waals surface area contributed by atoms with Gasteiger partial charge < -0.3 is 35.3 Å². The Hall–Kier alpha value is -1.91. The fourth-order valence-corrected chi connectivity index (χ4v) is 4.28. The third kappa shape index (κ3) is 5.22. The van der Waals surface area contributed by atoms with Crippen LogP contribution in [0.1, 0.15) is 5.56 Å². The van der Waals surface area contributed by atoms with Gasteiger partial charge in [0.2, 0.25) is 0 Å². The molecule has 1 fully saturated rings. The molecule has 7 N–H and O–H groups in total.